The Bertz CT molecular complexity index is 1280. The summed E-state index contributed by atoms with van der Waals surface area (Å²) in [7, 11) is 0. The van der Waals surface area contributed by atoms with Gasteiger partial charge >= 0.3 is 0 Å². The maximum atomic E-state index is 13.6. The first-order valence-corrected chi connectivity index (χ1v) is 13.4. The molecule has 1 fully saturated rings. The van der Waals surface area contributed by atoms with Crippen molar-refractivity contribution in [2.45, 2.75) is 51.9 Å². The molecule has 4 heterocycles. The van der Waals surface area contributed by atoms with E-state index in [4.69, 9.17) is 10.7 Å². The lowest BCUT2D eigenvalue weighted by Crippen LogP contribution is -2.28. The molecule has 1 saturated heterocycles. The minimum absolute atomic E-state index is 0.216. The highest BCUT2D eigenvalue weighted by molar-refractivity contribution is 6.49. The van der Waals surface area contributed by atoms with Crippen LogP contribution in [0.25, 0.3) is 11.1 Å². The summed E-state index contributed by atoms with van der Waals surface area (Å²) in [5.74, 6) is 1.35. The molecule has 2 aliphatic heterocycles. The molecule has 2 unspecified atom stereocenters. The summed E-state index contributed by atoms with van der Waals surface area (Å²) in [6.07, 6.45) is 11.5. The van der Waals surface area contributed by atoms with Crippen LogP contribution < -0.4 is 16.0 Å². The molecular formula is C30H36N6O. The first-order valence-electron chi connectivity index (χ1n) is 13.4. The molecule has 1 amide bonds. The van der Waals surface area contributed by atoms with Gasteiger partial charge in [-0.1, -0.05) is 45.2 Å². The summed E-state index contributed by atoms with van der Waals surface area (Å²) in [5, 5.41) is 3.05. The van der Waals surface area contributed by atoms with Gasteiger partial charge in [0.25, 0.3) is 5.91 Å². The van der Waals surface area contributed by atoms with E-state index in [0.29, 0.717) is 29.5 Å². The average molecular weight is 497 g/mol. The molecule has 2 aromatic heterocycles. The second-order valence-electron chi connectivity index (χ2n) is 10.4. The number of rotatable bonds is 4. The smallest absolute Gasteiger partial charge is 0.274 e. The maximum absolute atomic E-state index is 13.6. The number of fused-ring (bicyclic) bond motifs is 1. The zero-order chi connectivity index (χ0) is 25.8. The Morgan fingerprint density at radius 2 is 1.73 bits per heavy atom. The number of nitrogens with two attached hydrogens (primary N) is 1. The van der Waals surface area contributed by atoms with Crippen LogP contribution in [0.2, 0.25) is 0 Å². The lowest BCUT2D eigenvalue weighted by Gasteiger charge is -2.25. The highest BCUT2D eigenvalue weighted by atomic mass is 16.1. The van der Waals surface area contributed by atoms with E-state index in [2.05, 4.69) is 46.2 Å². The lowest BCUT2D eigenvalue weighted by molar-refractivity contribution is -0.110. The van der Waals surface area contributed by atoms with Crippen LogP contribution in [-0.2, 0) is 4.79 Å². The third-order valence-corrected chi connectivity index (χ3v) is 7.68. The summed E-state index contributed by atoms with van der Waals surface area (Å²) in [6.45, 7) is 7.05. The van der Waals surface area contributed by atoms with Gasteiger partial charge < -0.3 is 16.0 Å². The van der Waals surface area contributed by atoms with Crippen LogP contribution in [-0.4, -0.2) is 41.2 Å². The maximum Gasteiger partial charge on any atom is 0.274 e. The van der Waals surface area contributed by atoms with E-state index in [1.807, 2.05) is 24.3 Å². The number of nitrogens with zero attached hydrogens (tertiary/aromatic N) is 4. The normalized spacial score (nSPS) is 20.2. The molecule has 3 N–H and O–H groups in total. The van der Waals surface area contributed by atoms with Gasteiger partial charge in [0.1, 0.15) is 11.5 Å². The topological polar surface area (TPSA) is 96.5 Å². The molecule has 37 heavy (non-hydrogen) atoms. The molecule has 2 aliphatic rings. The number of hydrogen-bond acceptors (Lipinski definition) is 6. The number of carbonyl (C=O) groups is 1. The van der Waals surface area contributed by atoms with Gasteiger partial charge in [-0.25, -0.2) is 4.98 Å². The van der Waals surface area contributed by atoms with Crippen LogP contribution in [0.3, 0.4) is 0 Å². The number of nitrogen functional groups attached to an aromatic ring is 1. The summed E-state index contributed by atoms with van der Waals surface area (Å²) in [4.78, 5) is 29.6. The Labute approximate surface area is 219 Å². The standard InChI is InChI=1S/C30H36N6O/c1-20-16-34-29(27-15-22(8-10-26(27)21(20)2)23-14-24(31)18-32-17-23)30(37)35-25-9-11-28(33-19-25)36-12-6-4-3-5-7-13-36/h8-11,14-15,17-21H,3-7,12-13,16,31H2,1-2H3,(H,35,37). The fourth-order valence-corrected chi connectivity index (χ4v) is 5.25. The highest BCUT2D eigenvalue weighted by Crippen LogP contribution is 2.34. The summed E-state index contributed by atoms with van der Waals surface area (Å²) in [6, 6.07) is 12.1. The van der Waals surface area contributed by atoms with Crippen molar-refractivity contribution in [3.05, 3.63) is 66.1 Å². The molecule has 2 atom stereocenters. The van der Waals surface area contributed by atoms with E-state index in [1.54, 1.807) is 18.6 Å². The Morgan fingerprint density at radius 1 is 0.946 bits per heavy atom. The van der Waals surface area contributed by atoms with Gasteiger partial charge in [0, 0.05) is 43.2 Å². The number of aliphatic imine (C=N–C) groups is 1. The highest BCUT2D eigenvalue weighted by Gasteiger charge is 2.27. The Morgan fingerprint density at radius 3 is 2.46 bits per heavy atom. The van der Waals surface area contributed by atoms with Crippen molar-refractivity contribution in [1.82, 2.24) is 9.97 Å². The van der Waals surface area contributed by atoms with Crippen LogP contribution in [0.5, 0.6) is 0 Å². The number of nitrogens with one attached hydrogen (secondary N) is 1. The quantitative estimate of drug-likeness (QED) is 0.485. The van der Waals surface area contributed by atoms with E-state index in [-0.39, 0.29) is 11.8 Å². The van der Waals surface area contributed by atoms with E-state index >= 15 is 0 Å². The predicted octanol–water partition coefficient (Wildman–Crippen LogP) is 5.68. The molecule has 1 aromatic carbocycles. The van der Waals surface area contributed by atoms with Gasteiger partial charge in [0.05, 0.1) is 17.6 Å². The molecule has 0 radical (unpaired) electrons. The minimum atomic E-state index is -0.216. The fourth-order valence-electron chi connectivity index (χ4n) is 5.25. The zero-order valence-electron chi connectivity index (χ0n) is 21.8. The molecule has 7 nitrogen and oxygen atoms in total. The first kappa shape index (κ1) is 24.9. The molecule has 192 valence electrons. The number of amides is 1. The molecule has 5 rings (SSSR count). The number of carbonyl (C=O) groups excluding carboxylic acids is 1. The Balaban J connectivity index is 1.40. The number of pyridine rings is 2. The predicted molar refractivity (Wildman–Crippen MR) is 151 cm³/mol. The lowest BCUT2D eigenvalue weighted by atomic mass is 9.85. The van der Waals surface area contributed by atoms with Crippen molar-refractivity contribution in [3.8, 4) is 11.1 Å². The van der Waals surface area contributed by atoms with Crippen molar-refractivity contribution in [1.29, 1.82) is 0 Å². The number of aromatic nitrogens is 2. The minimum Gasteiger partial charge on any atom is -0.397 e. The summed E-state index contributed by atoms with van der Waals surface area (Å²) < 4.78 is 0. The van der Waals surface area contributed by atoms with Crippen molar-refractivity contribution in [2.24, 2.45) is 10.9 Å². The average Bonchev–Trinajstić information content (AvgIpc) is 3.00. The Hall–Kier alpha value is -3.74. The second kappa shape index (κ2) is 11.1. The number of hydrogen-bond donors (Lipinski definition) is 2. The van der Waals surface area contributed by atoms with E-state index in [0.717, 1.165) is 41.2 Å². The summed E-state index contributed by atoms with van der Waals surface area (Å²) >= 11 is 0. The van der Waals surface area contributed by atoms with Gasteiger partial charge in [-0.3, -0.25) is 14.8 Å². The molecule has 0 spiro atoms. The largest absolute Gasteiger partial charge is 0.397 e. The van der Waals surface area contributed by atoms with Crippen molar-refractivity contribution in [2.75, 3.05) is 35.6 Å². The molecule has 0 saturated carbocycles. The Kier molecular flexibility index (Phi) is 7.49. The van der Waals surface area contributed by atoms with Crippen molar-refractivity contribution < 1.29 is 4.79 Å². The monoisotopic (exact) mass is 496 g/mol. The molecule has 0 aliphatic carbocycles. The molecule has 7 heteroatoms. The van der Waals surface area contributed by atoms with Gasteiger partial charge in [-0.2, -0.15) is 0 Å². The number of benzene rings is 1. The SMILES string of the molecule is CC1CN=C(C(=O)Nc2ccc(N3CCCCCCC3)nc2)c2cc(-c3cncc(N)c3)ccc2C1C. The molecule has 3 aromatic rings. The van der Waals surface area contributed by atoms with Crippen molar-refractivity contribution in [3.63, 3.8) is 0 Å². The first-order chi connectivity index (χ1) is 18.0. The number of anilines is 3. The zero-order valence-corrected chi connectivity index (χ0v) is 21.8. The van der Waals surface area contributed by atoms with E-state index in [1.165, 1.54) is 32.1 Å². The fraction of sp³-hybridized carbons (Fsp3) is 0.400. The summed E-state index contributed by atoms with van der Waals surface area (Å²) in [5.41, 5.74) is 11.6. The van der Waals surface area contributed by atoms with Crippen LogP contribution >= 0.6 is 0 Å². The van der Waals surface area contributed by atoms with Crippen LogP contribution in [0, 0.1) is 5.92 Å². The van der Waals surface area contributed by atoms with Gasteiger partial charge in [0.15, 0.2) is 0 Å². The van der Waals surface area contributed by atoms with Gasteiger partial charge in [0.2, 0.25) is 0 Å². The van der Waals surface area contributed by atoms with Crippen LogP contribution in [0.4, 0.5) is 17.2 Å². The third-order valence-electron chi connectivity index (χ3n) is 7.68. The van der Waals surface area contributed by atoms with Crippen LogP contribution in [0.15, 0.2) is 60.0 Å². The van der Waals surface area contributed by atoms with Gasteiger partial charge in [-0.15, -0.1) is 0 Å². The molecular weight excluding hydrogens is 460 g/mol. The van der Waals surface area contributed by atoms with E-state index in [9.17, 15) is 4.79 Å². The molecule has 0 bridgehead atoms. The van der Waals surface area contributed by atoms with Crippen molar-refractivity contribution >= 4 is 28.8 Å². The van der Waals surface area contributed by atoms with Crippen LogP contribution in [0.1, 0.15) is 63.0 Å². The second-order valence-corrected chi connectivity index (χ2v) is 10.4. The third kappa shape index (κ3) is 5.66. The van der Waals surface area contributed by atoms with E-state index < -0.39 is 0 Å². The van der Waals surface area contributed by atoms with Gasteiger partial charge in [-0.05, 0) is 60.1 Å².